The lowest BCUT2D eigenvalue weighted by atomic mass is 10.1. The van der Waals surface area contributed by atoms with E-state index >= 15 is 0 Å². The number of halogens is 3. The molecule has 0 aromatic carbocycles. The zero-order valence-corrected chi connectivity index (χ0v) is 18.5. The minimum atomic E-state index is -4.81. The van der Waals surface area contributed by atoms with Crippen LogP contribution in [0.2, 0.25) is 0 Å². The van der Waals surface area contributed by atoms with Crippen LogP contribution in [0.25, 0.3) is 0 Å². The molecule has 1 aliphatic rings. The molecule has 2 aromatic heterocycles. The van der Waals surface area contributed by atoms with Crippen molar-refractivity contribution in [3.05, 3.63) is 63.8 Å². The van der Waals surface area contributed by atoms with Crippen LogP contribution in [0.4, 0.5) is 13.2 Å². The first-order valence-electron chi connectivity index (χ1n) is 10.9. The van der Waals surface area contributed by atoms with E-state index in [1.165, 1.54) is 35.3 Å². The SMILES string of the molecule is CC(C)Cn1cc(C(=O)NC2CCCC2)c(=O)c(C(=O)N[C@H](c2cccnc2)C(F)(F)F)c1. The van der Waals surface area contributed by atoms with E-state index in [2.05, 4.69) is 10.3 Å². The van der Waals surface area contributed by atoms with E-state index < -0.39 is 35.0 Å². The summed E-state index contributed by atoms with van der Waals surface area (Å²) in [7, 11) is 0. The smallest absolute Gasteiger partial charge is 0.352 e. The molecular formula is C23H27F3N4O3. The maximum Gasteiger partial charge on any atom is 0.412 e. The molecule has 178 valence electrons. The number of pyridine rings is 2. The Morgan fingerprint density at radius 1 is 1.15 bits per heavy atom. The molecular weight excluding hydrogens is 437 g/mol. The Morgan fingerprint density at radius 2 is 1.79 bits per heavy atom. The van der Waals surface area contributed by atoms with Crippen molar-refractivity contribution in [1.82, 2.24) is 20.2 Å². The number of nitrogens with one attached hydrogen (secondary N) is 2. The molecule has 2 amide bonds. The Kier molecular flexibility index (Phi) is 7.55. The molecule has 0 spiro atoms. The zero-order valence-electron chi connectivity index (χ0n) is 18.5. The second-order valence-electron chi connectivity index (χ2n) is 8.69. The van der Waals surface area contributed by atoms with Gasteiger partial charge >= 0.3 is 6.18 Å². The van der Waals surface area contributed by atoms with Gasteiger partial charge in [-0.3, -0.25) is 19.4 Å². The Morgan fingerprint density at radius 3 is 2.33 bits per heavy atom. The summed E-state index contributed by atoms with van der Waals surface area (Å²) in [5.74, 6) is -1.73. The van der Waals surface area contributed by atoms with Crippen LogP contribution < -0.4 is 16.1 Å². The minimum absolute atomic E-state index is 0.0619. The van der Waals surface area contributed by atoms with Gasteiger partial charge in [-0.2, -0.15) is 13.2 Å². The van der Waals surface area contributed by atoms with Crippen LogP contribution in [0.1, 0.15) is 71.9 Å². The highest BCUT2D eigenvalue weighted by Crippen LogP contribution is 2.32. The minimum Gasteiger partial charge on any atom is -0.352 e. The van der Waals surface area contributed by atoms with Crippen molar-refractivity contribution in [2.45, 2.75) is 64.3 Å². The second-order valence-corrected chi connectivity index (χ2v) is 8.69. The zero-order chi connectivity index (χ0) is 24.2. The molecule has 33 heavy (non-hydrogen) atoms. The molecule has 3 rings (SSSR count). The number of nitrogens with zero attached hydrogens (tertiary/aromatic N) is 2. The van der Waals surface area contributed by atoms with E-state index in [1.807, 2.05) is 19.2 Å². The first kappa shape index (κ1) is 24.5. The third-order valence-electron chi connectivity index (χ3n) is 5.46. The van der Waals surface area contributed by atoms with Crippen LogP contribution >= 0.6 is 0 Å². The highest BCUT2D eigenvalue weighted by atomic mass is 19.4. The molecule has 0 aliphatic heterocycles. The van der Waals surface area contributed by atoms with Crippen molar-refractivity contribution < 1.29 is 22.8 Å². The highest BCUT2D eigenvalue weighted by molar-refractivity contribution is 5.99. The van der Waals surface area contributed by atoms with Gasteiger partial charge in [0.1, 0.15) is 11.1 Å². The summed E-state index contributed by atoms with van der Waals surface area (Å²) in [5, 5.41) is 4.70. The number of aromatic nitrogens is 2. The second kappa shape index (κ2) is 10.2. The van der Waals surface area contributed by atoms with Gasteiger partial charge in [0.25, 0.3) is 11.8 Å². The summed E-state index contributed by atoms with van der Waals surface area (Å²) >= 11 is 0. The number of alkyl halides is 3. The van der Waals surface area contributed by atoms with Gasteiger partial charge in [0.15, 0.2) is 6.04 Å². The molecule has 1 saturated carbocycles. The van der Waals surface area contributed by atoms with Gasteiger partial charge < -0.3 is 15.2 Å². The third-order valence-corrected chi connectivity index (χ3v) is 5.46. The number of hydrogen-bond donors (Lipinski definition) is 2. The van der Waals surface area contributed by atoms with Crippen molar-refractivity contribution >= 4 is 11.8 Å². The fraction of sp³-hybridized carbons (Fsp3) is 0.478. The summed E-state index contributed by atoms with van der Waals surface area (Å²) in [4.78, 5) is 42.4. The lowest BCUT2D eigenvalue weighted by Crippen LogP contribution is -2.42. The molecule has 2 heterocycles. The number of amides is 2. The van der Waals surface area contributed by atoms with Crippen molar-refractivity contribution in [3.8, 4) is 0 Å². The average Bonchev–Trinajstić information content (AvgIpc) is 3.25. The number of hydrogen-bond acceptors (Lipinski definition) is 4. The molecule has 2 N–H and O–H groups in total. The number of rotatable bonds is 7. The van der Waals surface area contributed by atoms with Gasteiger partial charge in [0.05, 0.1) is 0 Å². The molecule has 1 atom stereocenters. The van der Waals surface area contributed by atoms with Gasteiger partial charge in [-0.05, 0) is 24.8 Å². The maximum absolute atomic E-state index is 13.7. The van der Waals surface area contributed by atoms with Gasteiger partial charge in [0, 0.05) is 42.9 Å². The van der Waals surface area contributed by atoms with Crippen molar-refractivity contribution in [2.24, 2.45) is 5.92 Å². The molecule has 0 radical (unpaired) electrons. The Balaban J connectivity index is 1.96. The number of carbonyl (C=O) groups excluding carboxylic acids is 2. The monoisotopic (exact) mass is 464 g/mol. The van der Waals surface area contributed by atoms with Gasteiger partial charge in [0.2, 0.25) is 5.43 Å². The third kappa shape index (κ3) is 6.21. The van der Waals surface area contributed by atoms with E-state index in [0.29, 0.717) is 6.54 Å². The maximum atomic E-state index is 13.7. The van der Waals surface area contributed by atoms with Crippen molar-refractivity contribution in [1.29, 1.82) is 0 Å². The van der Waals surface area contributed by atoms with Crippen LogP contribution in [0.3, 0.4) is 0 Å². The fourth-order valence-electron chi connectivity index (χ4n) is 3.92. The molecule has 1 aliphatic carbocycles. The predicted octanol–water partition coefficient (Wildman–Crippen LogP) is 3.61. The Bertz CT molecular complexity index is 1050. The largest absolute Gasteiger partial charge is 0.412 e. The van der Waals surface area contributed by atoms with Crippen LogP contribution in [-0.4, -0.2) is 33.6 Å². The summed E-state index contributed by atoms with van der Waals surface area (Å²) in [6.07, 6.45) is 3.58. The lowest BCUT2D eigenvalue weighted by Gasteiger charge is -2.22. The van der Waals surface area contributed by atoms with Crippen molar-refractivity contribution in [3.63, 3.8) is 0 Å². The standard InChI is InChI=1S/C23H27F3N4O3/c1-14(2)11-30-12-17(21(32)28-16-7-3-4-8-16)19(31)18(13-30)22(33)29-20(23(24,25)26)15-6-5-9-27-10-15/h5-6,9-10,12-14,16,20H,3-4,7-8,11H2,1-2H3,(H,28,32)(H,29,33)/t20-/m1/s1. The first-order valence-corrected chi connectivity index (χ1v) is 10.9. The molecule has 10 heteroatoms. The molecule has 0 saturated heterocycles. The highest BCUT2D eigenvalue weighted by Gasteiger charge is 2.42. The summed E-state index contributed by atoms with van der Waals surface area (Å²) in [5.41, 5.74) is -1.96. The topological polar surface area (TPSA) is 93.1 Å². The molecule has 0 bridgehead atoms. The molecule has 1 fully saturated rings. The normalized spacial score (nSPS) is 15.5. The molecule has 2 aromatic rings. The summed E-state index contributed by atoms with van der Waals surface area (Å²) in [6, 6.07) is 0.0957. The van der Waals surface area contributed by atoms with Crippen LogP contribution in [0, 0.1) is 5.92 Å². The van der Waals surface area contributed by atoms with E-state index in [4.69, 9.17) is 0 Å². The van der Waals surface area contributed by atoms with Crippen LogP contribution in [-0.2, 0) is 6.54 Å². The Labute approximate surface area is 189 Å². The lowest BCUT2D eigenvalue weighted by molar-refractivity contribution is -0.155. The van der Waals surface area contributed by atoms with Crippen molar-refractivity contribution in [2.75, 3.05) is 0 Å². The molecule has 7 nitrogen and oxygen atoms in total. The number of carbonyl (C=O) groups is 2. The predicted molar refractivity (Wildman–Crippen MR) is 116 cm³/mol. The first-order chi connectivity index (χ1) is 15.6. The average molecular weight is 464 g/mol. The summed E-state index contributed by atoms with van der Waals surface area (Å²) in [6.45, 7) is 4.17. The van der Waals surface area contributed by atoms with E-state index in [1.54, 1.807) is 0 Å². The van der Waals surface area contributed by atoms with Crippen LogP contribution in [0.5, 0.6) is 0 Å². The van der Waals surface area contributed by atoms with Gasteiger partial charge in [-0.1, -0.05) is 32.8 Å². The van der Waals surface area contributed by atoms with Gasteiger partial charge in [-0.15, -0.1) is 0 Å². The quantitative estimate of drug-likeness (QED) is 0.655. The van der Waals surface area contributed by atoms with E-state index in [9.17, 15) is 27.6 Å². The van der Waals surface area contributed by atoms with Crippen LogP contribution in [0.15, 0.2) is 41.7 Å². The van der Waals surface area contributed by atoms with E-state index in [0.717, 1.165) is 31.9 Å². The fourth-order valence-corrected chi connectivity index (χ4v) is 3.92. The summed E-state index contributed by atoms with van der Waals surface area (Å²) < 4.78 is 42.5. The van der Waals surface area contributed by atoms with E-state index in [-0.39, 0.29) is 23.1 Å². The Hall–Kier alpha value is -3.17. The van der Waals surface area contributed by atoms with Gasteiger partial charge in [-0.25, -0.2) is 0 Å². The molecule has 0 unspecified atom stereocenters.